The van der Waals surface area contributed by atoms with Crippen molar-refractivity contribution in [1.82, 2.24) is 10.3 Å². The monoisotopic (exact) mass is 340 g/mol. The molecule has 4 nitrogen and oxygen atoms in total. The lowest BCUT2D eigenvalue weighted by Gasteiger charge is -2.14. The maximum atomic E-state index is 13.6. The van der Waals surface area contributed by atoms with E-state index in [4.69, 9.17) is 0 Å². The van der Waals surface area contributed by atoms with Crippen LogP contribution in [0.5, 0.6) is 0 Å². The van der Waals surface area contributed by atoms with E-state index in [-0.39, 0.29) is 12.0 Å². The van der Waals surface area contributed by atoms with Crippen LogP contribution >= 0.6 is 11.3 Å². The predicted octanol–water partition coefficient (Wildman–Crippen LogP) is 3.18. The van der Waals surface area contributed by atoms with Gasteiger partial charge in [0.25, 0.3) is 5.91 Å². The Bertz CT molecular complexity index is 690. The first kappa shape index (κ1) is 17.5. The van der Waals surface area contributed by atoms with Crippen LogP contribution < -0.4 is 5.32 Å². The van der Waals surface area contributed by atoms with Crippen LogP contribution in [0.2, 0.25) is 0 Å². The van der Waals surface area contributed by atoms with Crippen LogP contribution in [0.25, 0.3) is 0 Å². The Morgan fingerprint density at radius 3 is 2.48 bits per heavy atom. The third kappa shape index (κ3) is 4.11. The molecule has 0 aliphatic heterocycles. The third-order valence-corrected chi connectivity index (χ3v) is 4.58. The van der Waals surface area contributed by atoms with Gasteiger partial charge in [-0.15, -0.1) is 11.3 Å². The second kappa shape index (κ2) is 6.72. The molecule has 124 valence electrons. The molecule has 1 heterocycles. The van der Waals surface area contributed by atoms with E-state index in [2.05, 4.69) is 10.3 Å². The van der Waals surface area contributed by atoms with Gasteiger partial charge in [-0.2, -0.15) is 0 Å². The molecule has 0 radical (unpaired) electrons. The fraction of sp³-hybridized carbons (Fsp3) is 0.375. The number of hydrogen-bond acceptors (Lipinski definition) is 4. The minimum Gasteiger partial charge on any atom is -0.386 e. The average molecular weight is 340 g/mol. The van der Waals surface area contributed by atoms with Crippen LogP contribution in [-0.4, -0.2) is 22.5 Å². The topological polar surface area (TPSA) is 62.2 Å². The number of halogens is 2. The number of carbonyl (C=O) groups is 1. The van der Waals surface area contributed by atoms with E-state index in [1.807, 2.05) is 20.8 Å². The maximum absolute atomic E-state index is 13.6. The van der Waals surface area contributed by atoms with Gasteiger partial charge in [-0.1, -0.05) is 26.8 Å². The van der Waals surface area contributed by atoms with Crippen molar-refractivity contribution < 1.29 is 18.7 Å². The van der Waals surface area contributed by atoms with Gasteiger partial charge in [0.05, 0.1) is 16.8 Å². The number of amides is 1. The van der Waals surface area contributed by atoms with Crippen LogP contribution in [0.15, 0.2) is 24.4 Å². The SMILES string of the molecule is CC(C)(C)c1ncc(C(=O)NCC(O)c2c(F)cccc2F)s1. The fourth-order valence-electron chi connectivity index (χ4n) is 1.93. The van der Waals surface area contributed by atoms with E-state index in [9.17, 15) is 18.7 Å². The zero-order valence-corrected chi connectivity index (χ0v) is 13.9. The highest BCUT2D eigenvalue weighted by Crippen LogP contribution is 2.27. The number of rotatable bonds is 4. The van der Waals surface area contributed by atoms with Crippen molar-refractivity contribution in [2.45, 2.75) is 32.3 Å². The molecule has 1 aromatic carbocycles. The summed E-state index contributed by atoms with van der Waals surface area (Å²) >= 11 is 1.25. The highest BCUT2D eigenvalue weighted by molar-refractivity contribution is 7.13. The zero-order valence-electron chi connectivity index (χ0n) is 13.1. The lowest BCUT2D eigenvalue weighted by molar-refractivity contribution is 0.0915. The number of nitrogens with zero attached hydrogens (tertiary/aromatic N) is 1. The molecule has 0 fully saturated rings. The van der Waals surface area contributed by atoms with E-state index >= 15 is 0 Å². The Kier molecular flexibility index (Phi) is 5.11. The van der Waals surface area contributed by atoms with Crippen molar-refractivity contribution in [2.24, 2.45) is 0 Å². The van der Waals surface area contributed by atoms with Gasteiger partial charge in [-0.25, -0.2) is 13.8 Å². The number of aliphatic hydroxyl groups is 1. The van der Waals surface area contributed by atoms with Crippen LogP contribution in [0, 0.1) is 11.6 Å². The summed E-state index contributed by atoms with van der Waals surface area (Å²) in [5.74, 6) is -2.13. The molecule has 0 saturated carbocycles. The molecule has 2 aromatic rings. The minimum atomic E-state index is -1.46. The molecule has 0 aliphatic carbocycles. The summed E-state index contributed by atoms with van der Waals surface area (Å²) in [4.78, 5) is 16.6. The molecule has 1 amide bonds. The summed E-state index contributed by atoms with van der Waals surface area (Å²) in [5, 5.41) is 13.2. The molecule has 1 unspecified atom stereocenters. The molecular formula is C16H18F2N2O2S. The number of thiazole rings is 1. The fourth-order valence-corrected chi connectivity index (χ4v) is 2.82. The third-order valence-electron chi connectivity index (χ3n) is 3.16. The van der Waals surface area contributed by atoms with Crippen molar-refractivity contribution in [2.75, 3.05) is 6.54 Å². The Morgan fingerprint density at radius 1 is 1.35 bits per heavy atom. The molecule has 0 saturated heterocycles. The summed E-state index contributed by atoms with van der Waals surface area (Å²) in [6.45, 7) is 5.66. The molecule has 0 spiro atoms. The van der Waals surface area contributed by atoms with E-state index < -0.39 is 29.2 Å². The summed E-state index contributed by atoms with van der Waals surface area (Å²) in [5.41, 5.74) is -0.619. The summed E-state index contributed by atoms with van der Waals surface area (Å²) in [7, 11) is 0. The second-order valence-electron chi connectivity index (χ2n) is 6.14. The van der Waals surface area contributed by atoms with E-state index in [1.54, 1.807) is 0 Å². The zero-order chi connectivity index (χ0) is 17.2. The van der Waals surface area contributed by atoms with Crippen molar-refractivity contribution in [3.05, 3.63) is 51.5 Å². The smallest absolute Gasteiger partial charge is 0.263 e. The normalized spacial score (nSPS) is 13.0. The molecule has 0 bridgehead atoms. The van der Waals surface area contributed by atoms with Gasteiger partial charge >= 0.3 is 0 Å². The van der Waals surface area contributed by atoms with Gasteiger partial charge in [-0.05, 0) is 12.1 Å². The van der Waals surface area contributed by atoms with Crippen LogP contribution in [0.4, 0.5) is 8.78 Å². The van der Waals surface area contributed by atoms with Gasteiger partial charge in [0.2, 0.25) is 0 Å². The molecule has 7 heteroatoms. The number of carbonyl (C=O) groups excluding carboxylic acids is 1. The van der Waals surface area contributed by atoms with Gasteiger partial charge in [0.1, 0.15) is 22.6 Å². The van der Waals surface area contributed by atoms with E-state index in [0.717, 1.165) is 17.1 Å². The van der Waals surface area contributed by atoms with Crippen molar-refractivity contribution >= 4 is 17.2 Å². The van der Waals surface area contributed by atoms with Crippen molar-refractivity contribution in [1.29, 1.82) is 0 Å². The van der Waals surface area contributed by atoms with Gasteiger partial charge in [0, 0.05) is 12.0 Å². The molecule has 1 atom stereocenters. The van der Waals surface area contributed by atoms with Gasteiger partial charge < -0.3 is 10.4 Å². The second-order valence-corrected chi connectivity index (χ2v) is 7.17. The Morgan fingerprint density at radius 2 is 1.96 bits per heavy atom. The Labute approximate surface area is 137 Å². The molecular weight excluding hydrogens is 322 g/mol. The lowest BCUT2D eigenvalue weighted by Crippen LogP contribution is -2.28. The maximum Gasteiger partial charge on any atom is 0.263 e. The van der Waals surface area contributed by atoms with Crippen LogP contribution in [-0.2, 0) is 5.41 Å². The van der Waals surface area contributed by atoms with Crippen LogP contribution in [0.1, 0.15) is 47.1 Å². The number of nitrogens with one attached hydrogen (secondary N) is 1. The number of benzene rings is 1. The largest absolute Gasteiger partial charge is 0.386 e. The highest BCUT2D eigenvalue weighted by atomic mass is 32.1. The molecule has 2 N–H and O–H groups in total. The highest BCUT2D eigenvalue weighted by Gasteiger charge is 2.22. The average Bonchev–Trinajstić information content (AvgIpc) is 2.94. The first-order valence-corrected chi connectivity index (χ1v) is 7.88. The first-order chi connectivity index (χ1) is 10.7. The summed E-state index contributed by atoms with van der Waals surface area (Å²) < 4.78 is 27.1. The molecule has 1 aromatic heterocycles. The molecule has 23 heavy (non-hydrogen) atoms. The minimum absolute atomic E-state index is 0.168. The van der Waals surface area contributed by atoms with Gasteiger partial charge in [-0.3, -0.25) is 4.79 Å². The first-order valence-electron chi connectivity index (χ1n) is 7.06. The van der Waals surface area contributed by atoms with E-state index in [1.165, 1.54) is 23.6 Å². The van der Waals surface area contributed by atoms with Gasteiger partial charge in [0.15, 0.2) is 0 Å². The Hall–Kier alpha value is -1.86. The molecule has 0 aliphatic rings. The quantitative estimate of drug-likeness (QED) is 0.898. The van der Waals surface area contributed by atoms with Crippen molar-refractivity contribution in [3.63, 3.8) is 0 Å². The summed E-state index contributed by atoms with van der Waals surface area (Å²) in [6, 6.07) is 3.33. The lowest BCUT2D eigenvalue weighted by atomic mass is 9.98. The van der Waals surface area contributed by atoms with Crippen molar-refractivity contribution in [3.8, 4) is 0 Å². The van der Waals surface area contributed by atoms with E-state index in [0.29, 0.717) is 4.88 Å². The Balaban J connectivity index is 2.03. The molecule has 2 rings (SSSR count). The number of aliphatic hydroxyl groups excluding tert-OH is 1. The standard InChI is InChI=1S/C16H18F2N2O2S/c1-16(2,3)15-20-8-12(23-15)14(22)19-7-11(21)13-9(17)5-4-6-10(13)18/h4-6,8,11,21H,7H2,1-3H3,(H,19,22). The number of hydrogen-bond donors (Lipinski definition) is 2. The number of aromatic nitrogens is 1. The van der Waals surface area contributed by atoms with Crippen LogP contribution in [0.3, 0.4) is 0 Å². The summed E-state index contributed by atoms with van der Waals surface area (Å²) in [6.07, 6.45) is -0.00781. The predicted molar refractivity (Wildman–Crippen MR) is 84.5 cm³/mol.